The molecule has 1 nitrogen and oxygen atoms in total. The van der Waals surface area contributed by atoms with Gasteiger partial charge < -0.3 is 4.79 Å². The van der Waals surface area contributed by atoms with Crippen molar-refractivity contribution in [1.29, 1.82) is 0 Å². The van der Waals surface area contributed by atoms with E-state index in [0.717, 1.165) is 12.3 Å². The van der Waals surface area contributed by atoms with Gasteiger partial charge in [-0.2, -0.15) is 0 Å². The van der Waals surface area contributed by atoms with Gasteiger partial charge in [0.1, 0.15) is 5.78 Å². The third-order valence-corrected chi connectivity index (χ3v) is 3.39. The van der Waals surface area contributed by atoms with Gasteiger partial charge in [0.2, 0.25) is 0 Å². The summed E-state index contributed by atoms with van der Waals surface area (Å²) >= 11 is 0. The quantitative estimate of drug-likeness (QED) is 0.630. The number of hydrogen-bond acceptors (Lipinski definition) is 1. The van der Waals surface area contributed by atoms with Crippen LogP contribution in [0, 0.1) is 17.3 Å². The second-order valence-corrected chi connectivity index (χ2v) is 4.73. The Bertz CT molecular complexity index is 181. The van der Waals surface area contributed by atoms with Gasteiger partial charge in [0.15, 0.2) is 0 Å². The Balaban J connectivity index is 2.43. The first-order valence-corrected chi connectivity index (χ1v) is 4.99. The van der Waals surface area contributed by atoms with Crippen molar-refractivity contribution >= 4 is 5.78 Å². The zero-order chi connectivity index (χ0) is 9.35. The van der Waals surface area contributed by atoms with E-state index in [1.807, 2.05) is 0 Å². The van der Waals surface area contributed by atoms with Crippen molar-refractivity contribution in [2.75, 3.05) is 0 Å². The molecular weight excluding hydrogens is 148 g/mol. The SMILES string of the molecule is CCC[C@H]1[C@@H](CC(C)=O)C1(C)C. The normalized spacial score (nSPS) is 31.7. The van der Waals surface area contributed by atoms with Gasteiger partial charge in [-0.15, -0.1) is 0 Å². The van der Waals surface area contributed by atoms with Crippen LogP contribution in [0.4, 0.5) is 0 Å². The van der Waals surface area contributed by atoms with E-state index in [4.69, 9.17) is 0 Å². The number of carbonyl (C=O) groups excluding carboxylic acids is 1. The van der Waals surface area contributed by atoms with Crippen molar-refractivity contribution in [2.24, 2.45) is 17.3 Å². The zero-order valence-corrected chi connectivity index (χ0v) is 8.68. The minimum absolute atomic E-state index is 0.353. The molecule has 1 rings (SSSR count). The third kappa shape index (κ3) is 1.70. The molecule has 0 aliphatic heterocycles. The molecule has 70 valence electrons. The fourth-order valence-electron chi connectivity index (χ4n) is 2.46. The summed E-state index contributed by atoms with van der Waals surface area (Å²) in [7, 11) is 0. The van der Waals surface area contributed by atoms with Crippen molar-refractivity contribution in [1.82, 2.24) is 0 Å². The highest BCUT2D eigenvalue weighted by Crippen LogP contribution is 2.61. The van der Waals surface area contributed by atoms with Gasteiger partial charge in [0.05, 0.1) is 0 Å². The summed E-state index contributed by atoms with van der Waals surface area (Å²) in [6, 6.07) is 0. The maximum Gasteiger partial charge on any atom is 0.130 e. The van der Waals surface area contributed by atoms with Crippen molar-refractivity contribution in [3.63, 3.8) is 0 Å². The molecule has 0 heterocycles. The summed E-state index contributed by atoms with van der Waals surface area (Å²) in [5.74, 6) is 1.84. The van der Waals surface area contributed by atoms with Crippen LogP contribution in [0.3, 0.4) is 0 Å². The molecule has 1 aliphatic rings. The van der Waals surface area contributed by atoms with Gasteiger partial charge >= 0.3 is 0 Å². The Morgan fingerprint density at radius 1 is 1.33 bits per heavy atom. The first-order chi connectivity index (χ1) is 5.50. The molecule has 2 atom stereocenters. The van der Waals surface area contributed by atoms with E-state index in [0.29, 0.717) is 17.1 Å². The molecule has 1 fully saturated rings. The second kappa shape index (κ2) is 3.20. The van der Waals surface area contributed by atoms with Crippen LogP contribution in [0.5, 0.6) is 0 Å². The van der Waals surface area contributed by atoms with E-state index in [9.17, 15) is 4.79 Å². The summed E-state index contributed by atoms with van der Waals surface area (Å²) in [5.41, 5.74) is 0.446. The molecule has 0 aromatic rings. The van der Waals surface area contributed by atoms with Crippen LogP contribution in [0.15, 0.2) is 0 Å². The van der Waals surface area contributed by atoms with Crippen LogP contribution in [0.1, 0.15) is 47.0 Å². The highest BCUT2D eigenvalue weighted by atomic mass is 16.1. The number of carbonyl (C=O) groups is 1. The predicted molar refractivity (Wildman–Crippen MR) is 51.0 cm³/mol. The number of rotatable bonds is 4. The monoisotopic (exact) mass is 168 g/mol. The molecule has 0 amide bonds. The minimum Gasteiger partial charge on any atom is -0.300 e. The average molecular weight is 168 g/mol. The number of ketones is 1. The van der Waals surface area contributed by atoms with Gasteiger partial charge in [0.25, 0.3) is 0 Å². The van der Waals surface area contributed by atoms with Crippen molar-refractivity contribution in [3.05, 3.63) is 0 Å². The molecule has 12 heavy (non-hydrogen) atoms. The van der Waals surface area contributed by atoms with Crippen LogP contribution in [0.2, 0.25) is 0 Å². The zero-order valence-electron chi connectivity index (χ0n) is 8.68. The maximum absolute atomic E-state index is 10.9. The molecule has 0 spiro atoms. The standard InChI is InChI=1S/C11H20O/c1-5-6-9-10(7-8(2)12)11(9,3)4/h9-10H,5-7H2,1-4H3/t9-,10+/m0/s1. The topological polar surface area (TPSA) is 17.1 Å². The second-order valence-electron chi connectivity index (χ2n) is 4.73. The van der Waals surface area contributed by atoms with E-state index >= 15 is 0 Å². The number of hydrogen-bond donors (Lipinski definition) is 0. The molecule has 0 radical (unpaired) electrons. The van der Waals surface area contributed by atoms with Crippen LogP contribution in [0.25, 0.3) is 0 Å². The molecule has 1 aliphatic carbocycles. The minimum atomic E-state index is 0.353. The first kappa shape index (κ1) is 9.76. The fourth-order valence-corrected chi connectivity index (χ4v) is 2.46. The highest BCUT2D eigenvalue weighted by molar-refractivity contribution is 5.76. The largest absolute Gasteiger partial charge is 0.300 e. The van der Waals surface area contributed by atoms with E-state index in [2.05, 4.69) is 20.8 Å². The first-order valence-electron chi connectivity index (χ1n) is 4.99. The van der Waals surface area contributed by atoms with Gasteiger partial charge in [-0.1, -0.05) is 27.2 Å². The lowest BCUT2D eigenvalue weighted by molar-refractivity contribution is -0.117. The Morgan fingerprint density at radius 3 is 2.33 bits per heavy atom. The van der Waals surface area contributed by atoms with E-state index in [1.54, 1.807) is 6.92 Å². The number of Topliss-reactive ketones (excluding diaryl/α,β-unsaturated/α-hetero) is 1. The molecule has 0 unspecified atom stereocenters. The van der Waals surface area contributed by atoms with Gasteiger partial charge in [-0.3, -0.25) is 0 Å². The van der Waals surface area contributed by atoms with E-state index < -0.39 is 0 Å². The van der Waals surface area contributed by atoms with Gasteiger partial charge in [-0.25, -0.2) is 0 Å². The summed E-state index contributed by atoms with van der Waals surface area (Å²) < 4.78 is 0. The summed E-state index contributed by atoms with van der Waals surface area (Å²) in [5, 5.41) is 0. The molecule has 1 heteroatoms. The van der Waals surface area contributed by atoms with E-state index in [1.165, 1.54) is 12.8 Å². The van der Waals surface area contributed by atoms with E-state index in [-0.39, 0.29) is 0 Å². The Hall–Kier alpha value is -0.330. The Kier molecular flexibility index (Phi) is 2.60. The maximum atomic E-state index is 10.9. The fraction of sp³-hybridized carbons (Fsp3) is 0.909. The summed E-state index contributed by atoms with van der Waals surface area (Å²) in [4.78, 5) is 10.9. The van der Waals surface area contributed by atoms with Crippen LogP contribution < -0.4 is 0 Å². The van der Waals surface area contributed by atoms with Gasteiger partial charge in [0, 0.05) is 6.42 Å². The lowest BCUT2D eigenvalue weighted by atomic mass is 10.1. The summed E-state index contributed by atoms with van der Waals surface area (Å²) in [6.07, 6.45) is 3.35. The highest BCUT2D eigenvalue weighted by Gasteiger charge is 2.56. The molecule has 0 saturated heterocycles. The third-order valence-electron chi connectivity index (χ3n) is 3.39. The Morgan fingerprint density at radius 2 is 1.92 bits per heavy atom. The van der Waals surface area contributed by atoms with Crippen LogP contribution in [-0.4, -0.2) is 5.78 Å². The van der Waals surface area contributed by atoms with Crippen LogP contribution in [-0.2, 0) is 4.79 Å². The lowest BCUT2D eigenvalue weighted by Gasteiger charge is -1.99. The smallest absolute Gasteiger partial charge is 0.130 e. The summed E-state index contributed by atoms with van der Waals surface area (Å²) in [6.45, 7) is 8.51. The molecule has 0 aromatic heterocycles. The van der Waals surface area contributed by atoms with Crippen molar-refractivity contribution in [3.8, 4) is 0 Å². The molecular formula is C11H20O. The van der Waals surface area contributed by atoms with Crippen molar-refractivity contribution < 1.29 is 4.79 Å². The Labute approximate surface area is 75.5 Å². The molecule has 1 saturated carbocycles. The molecule has 0 aromatic carbocycles. The molecule has 0 bridgehead atoms. The predicted octanol–water partition coefficient (Wildman–Crippen LogP) is 3.04. The van der Waals surface area contributed by atoms with Crippen molar-refractivity contribution in [2.45, 2.75) is 47.0 Å². The average Bonchev–Trinajstić information content (AvgIpc) is 2.39. The molecule has 0 N–H and O–H groups in total. The van der Waals surface area contributed by atoms with Crippen LogP contribution >= 0.6 is 0 Å². The lowest BCUT2D eigenvalue weighted by Crippen LogP contribution is -1.96. The van der Waals surface area contributed by atoms with Gasteiger partial charge in [-0.05, 0) is 30.6 Å².